The molecule has 4 heteroatoms. The average molecular weight is 271 g/mol. The fourth-order valence-electron chi connectivity index (χ4n) is 1.98. The molecule has 96 valence electrons. The number of nitrogens with zero attached hydrogens (tertiary/aromatic N) is 2. The van der Waals surface area contributed by atoms with Gasteiger partial charge in [0.25, 0.3) is 6.17 Å². The van der Waals surface area contributed by atoms with Crippen LogP contribution in [0.3, 0.4) is 0 Å². The second kappa shape index (κ2) is 5.45. The van der Waals surface area contributed by atoms with Crippen molar-refractivity contribution >= 4 is 24.2 Å². The molecular weight excluding hydrogens is 256 g/mol. The van der Waals surface area contributed by atoms with E-state index in [4.69, 9.17) is 4.74 Å². The summed E-state index contributed by atoms with van der Waals surface area (Å²) in [5.74, 6) is 1.86. The predicted octanol–water partition coefficient (Wildman–Crippen LogP) is 2.83. The van der Waals surface area contributed by atoms with E-state index < -0.39 is 0 Å². The van der Waals surface area contributed by atoms with Gasteiger partial charge in [-0.3, -0.25) is 0 Å². The van der Waals surface area contributed by atoms with Gasteiger partial charge in [0.15, 0.2) is 12.4 Å². The monoisotopic (exact) mass is 271 g/mol. The van der Waals surface area contributed by atoms with Crippen LogP contribution in [0.5, 0.6) is 5.75 Å². The van der Waals surface area contributed by atoms with Crippen LogP contribution in [-0.4, -0.2) is 30.3 Å². The maximum absolute atomic E-state index is 5.16. The maximum Gasteiger partial charge on any atom is 0.271 e. The van der Waals surface area contributed by atoms with Crippen LogP contribution >= 0.6 is 11.8 Å². The molecule has 0 radical (unpaired) electrons. The highest BCUT2D eigenvalue weighted by molar-refractivity contribution is 8.02. The van der Waals surface area contributed by atoms with E-state index in [9.17, 15) is 0 Å². The summed E-state index contributed by atoms with van der Waals surface area (Å²) in [6.07, 6.45) is 10.4. The first-order chi connectivity index (χ1) is 9.35. The first kappa shape index (κ1) is 12.2. The Morgan fingerprint density at radius 2 is 2.16 bits per heavy atom. The third kappa shape index (κ3) is 2.79. The zero-order valence-corrected chi connectivity index (χ0v) is 11.5. The summed E-state index contributed by atoms with van der Waals surface area (Å²) in [6.45, 7) is 0. The number of methoxy groups -OCH3 is 1. The molecule has 0 aliphatic carbocycles. The molecule has 3 rings (SSSR count). The summed E-state index contributed by atoms with van der Waals surface area (Å²) >= 11 is 1.83. The summed E-state index contributed by atoms with van der Waals surface area (Å²) < 4.78 is 7.25. The lowest BCUT2D eigenvalue weighted by Gasteiger charge is -2.09. The van der Waals surface area contributed by atoms with Crippen molar-refractivity contribution in [1.29, 1.82) is 0 Å². The fourth-order valence-corrected chi connectivity index (χ4v) is 2.88. The van der Waals surface area contributed by atoms with Gasteiger partial charge in [0.05, 0.1) is 13.3 Å². The highest BCUT2D eigenvalue weighted by Gasteiger charge is 2.22. The Hall–Kier alpha value is -1.81. The summed E-state index contributed by atoms with van der Waals surface area (Å²) in [4.78, 5) is 5.64. The highest BCUT2D eigenvalue weighted by Crippen LogP contribution is 2.27. The molecule has 0 amide bonds. The third-order valence-corrected chi connectivity index (χ3v) is 4.16. The molecular formula is C15H15N2OS+. The molecule has 0 N–H and O–H groups in total. The number of hydrogen-bond acceptors (Lipinski definition) is 3. The summed E-state index contributed by atoms with van der Waals surface area (Å²) in [5.41, 5.74) is 1.30. The topological polar surface area (TPSA) is 24.6 Å². The highest BCUT2D eigenvalue weighted by atomic mass is 32.2. The molecule has 0 bridgehead atoms. The molecule has 2 heterocycles. The van der Waals surface area contributed by atoms with E-state index in [-0.39, 0.29) is 6.17 Å². The van der Waals surface area contributed by atoms with E-state index in [1.165, 1.54) is 10.5 Å². The Kier molecular flexibility index (Phi) is 3.51. The number of allylic oxidation sites excluding steroid dienone is 1. The van der Waals surface area contributed by atoms with E-state index >= 15 is 0 Å². The van der Waals surface area contributed by atoms with Crippen molar-refractivity contribution in [3.8, 4) is 5.75 Å². The molecule has 3 nitrogen and oxygen atoms in total. The fraction of sp³-hybridized carbons (Fsp3) is 0.200. The van der Waals surface area contributed by atoms with Gasteiger partial charge in [-0.15, -0.1) is 11.8 Å². The number of aliphatic imine (C=N–C) groups is 1. The second-order valence-corrected chi connectivity index (χ2v) is 5.38. The third-order valence-electron chi connectivity index (χ3n) is 3.07. The van der Waals surface area contributed by atoms with E-state index in [0.717, 1.165) is 11.5 Å². The van der Waals surface area contributed by atoms with Crippen LogP contribution < -0.4 is 4.74 Å². The van der Waals surface area contributed by atoms with Crippen molar-refractivity contribution in [3.05, 3.63) is 53.1 Å². The minimum absolute atomic E-state index is 0.156. The largest absolute Gasteiger partial charge is 0.497 e. The lowest BCUT2D eigenvalue weighted by atomic mass is 10.2. The first-order valence-corrected chi connectivity index (χ1v) is 7.13. The van der Waals surface area contributed by atoms with E-state index in [1.807, 2.05) is 36.3 Å². The minimum atomic E-state index is 0.156. The Balaban J connectivity index is 1.62. The van der Waals surface area contributed by atoms with Crippen LogP contribution in [0.4, 0.5) is 0 Å². The van der Waals surface area contributed by atoms with Crippen molar-refractivity contribution in [1.82, 2.24) is 0 Å². The normalized spacial score (nSPS) is 19.9. The van der Waals surface area contributed by atoms with Gasteiger partial charge in [-0.25, -0.2) is 4.99 Å². The van der Waals surface area contributed by atoms with Gasteiger partial charge in [0.2, 0.25) is 0 Å². The molecule has 1 aromatic rings. The van der Waals surface area contributed by atoms with Gasteiger partial charge < -0.3 is 4.74 Å². The standard InChI is InChI=1S/C15H15N2OS/c1-18-13-4-2-12(3-5-13)11-19-14-6-8-17-9-7-16-15(17)10-14/h2-10,15H,11H2,1H3/q+1. The molecule has 1 aromatic carbocycles. The maximum atomic E-state index is 5.16. The Labute approximate surface area is 117 Å². The molecule has 0 saturated heterocycles. The first-order valence-electron chi connectivity index (χ1n) is 6.15. The van der Waals surface area contributed by atoms with Crippen molar-refractivity contribution in [2.24, 2.45) is 4.99 Å². The molecule has 0 spiro atoms. The van der Waals surface area contributed by atoms with Crippen molar-refractivity contribution in [2.45, 2.75) is 11.9 Å². The van der Waals surface area contributed by atoms with Crippen LogP contribution in [0.2, 0.25) is 0 Å². The lowest BCUT2D eigenvalue weighted by Crippen LogP contribution is -2.16. The molecule has 1 unspecified atom stereocenters. The Bertz CT molecular complexity index is 585. The van der Waals surface area contributed by atoms with Crippen LogP contribution in [0.15, 0.2) is 52.5 Å². The second-order valence-electron chi connectivity index (χ2n) is 4.33. The van der Waals surface area contributed by atoms with Gasteiger partial charge in [0, 0.05) is 22.8 Å². The van der Waals surface area contributed by atoms with Crippen molar-refractivity contribution in [3.63, 3.8) is 0 Å². The molecule has 0 aromatic heterocycles. The van der Waals surface area contributed by atoms with Gasteiger partial charge in [0.1, 0.15) is 5.75 Å². The van der Waals surface area contributed by atoms with Crippen LogP contribution in [-0.2, 0) is 5.75 Å². The Morgan fingerprint density at radius 1 is 1.32 bits per heavy atom. The molecule has 0 saturated carbocycles. The quantitative estimate of drug-likeness (QED) is 0.787. The summed E-state index contributed by atoms with van der Waals surface area (Å²) in [6, 6.07) is 8.21. The predicted molar refractivity (Wildman–Crippen MR) is 80.1 cm³/mol. The minimum Gasteiger partial charge on any atom is -0.497 e. The van der Waals surface area contributed by atoms with Crippen LogP contribution in [0.25, 0.3) is 0 Å². The zero-order chi connectivity index (χ0) is 13.1. The van der Waals surface area contributed by atoms with Gasteiger partial charge in [-0.1, -0.05) is 12.1 Å². The number of ether oxygens (including phenoxy) is 1. The number of hydrogen-bond donors (Lipinski definition) is 0. The van der Waals surface area contributed by atoms with E-state index in [1.54, 1.807) is 7.11 Å². The summed E-state index contributed by atoms with van der Waals surface area (Å²) in [5, 5.41) is 0. The van der Waals surface area contributed by atoms with Crippen LogP contribution in [0, 0.1) is 0 Å². The van der Waals surface area contributed by atoms with E-state index in [0.29, 0.717) is 0 Å². The number of rotatable bonds is 4. The lowest BCUT2D eigenvalue weighted by molar-refractivity contribution is -0.476. The van der Waals surface area contributed by atoms with Gasteiger partial charge in [-0.2, -0.15) is 4.58 Å². The zero-order valence-electron chi connectivity index (χ0n) is 10.7. The van der Waals surface area contributed by atoms with Gasteiger partial charge >= 0.3 is 0 Å². The smallest absolute Gasteiger partial charge is 0.271 e. The van der Waals surface area contributed by atoms with Crippen LogP contribution in [0.1, 0.15) is 5.56 Å². The molecule has 2 aliphatic rings. The number of benzene rings is 1. The molecule has 2 aliphatic heterocycles. The van der Waals surface area contributed by atoms with Crippen molar-refractivity contribution < 1.29 is 9.31 Å². The SMILES string of the molecule is COc1ccc(CSC2=CC3N=CC=[N+]3C=C2)cc1. The number of fused-ring (bicyclic) bond motifs is 1. The molecule has 1 atom stereocenters. The molecule has 0 fully saturated rings. The van der Waals surface area contributed by atoms with Gasteiger partial charge in [-0.05, 0) is 17.7 Å². The van der Waals surface area contributed by atoms with Crippen molar-refractivity contribution in [2.75, 3.05) is 7.11 Å². The average Bonchev–Trinajstić information content (AvgIpc) is 2.93. The van der Waals surface area contributed by atoms with E-state index in [2.05, 4.69) is 40.1 Å². The summed E-state index contributed by atoms with van der Waals surface area (Å²) in [7, 11) is 1.69. The number of thioether (sulfide) groups is 1. The molecule has 19 heavy (non-hydrogen) atoms. The Morgan fingerprint density at radius 3 is 2.95 bits per heavy atom.